The van der Waals surface area contributed by atoms with E-state index < -0.39 is 0 Å². The van der Waals surface area contributed by atoms with Crippen molar-refractivity contribution in [2.75, 3.05) is 39.4 Å². The maximum atomic E-state index is 11.8. The average molecular weight is 304 g/mol. The number of carbonyl (C=O) groups is 1. The van der Waals surface area contributed by atoms with Crippen molar-refractivity contribution in [1.29, 1.82) is 0 Å². The Morgan fingerprint density at radius 2 is 2.12 bits per heavy atom. The molecule has 0 aromatic carbocycles. The molecule has 0 aliphatic carbocycles. The number of hydrogen-bond acceptors (Lipinski definition) is 3. The molecule has 1 fully saturated rings. The number of nitrogens with one attached hydrogen (secondary N) is 1. The van der Waals surface area contributed by atoms with E-state index in [-0.39, 0.29) is 10.6 Å². The van der Waals surface area contributed by atoms with Crippen LogP contribution in [0.5, 0.6) is 0 Å². The zero-order valence-corrected chi connectivity index (χ0v) is 13.4. The van der Waals surface area contributed by atoms with Gasteiger partial charge in [0.05, 0.1) is 0 Å². The van der Waals surface area contributed by atoms with Crippen LogP contribution < -0.4 is 5.32 Å². The summed E-state index contributed by atoms with van der Waals surface area (Å²) in [4.78, 5) is 14.2. The molecule has 1 aliphatic rings. The summed E-state index contributed by atoms with van der Waals surface area (Å²) in [6.07, 6.45) is 1.07. The Balaban J connectivity index is 2.14. The van der Waals surface area contributed by atoms with Gasteiger partial charge in [-0.1, -0.05) is 0 Å². The van der Waals surface area contributed by atoms with Crippen molar-refractivity contribution in [3.8, 4) is 0 Å². The summed E-state index contributed by atoms with van der Waals surface area (Å²) in [6, 6.07) is 0. The minimum absolute atomic E-state index is 0.178. The molecule has 1 aliphatic heterocycles. The van der Waals surface area contributed by atoms with Gasteiger partial charge in [0.25, 0.3) is 0 Å². The number of hydrogen-bond donors (Lipinski definition) is 1. The van der Waals surface area contributed by atoms with Gasteiger partial charge in [-0.2, -0.15) is 0 Å². The molecule has 5 heteroatoms. The van der Waals surface area contributed by atoms with E-state index in [0.717, 1.165) is 45.8 Å². The molecule has 1 amide bonds. The van der Waals surface area contributed by atoms with Gasteiger partial charge in [0.1, 0.15) is 0 Å². The van der Waals surface area contributed by atoms with Gasteiger partial charge in [-0.05, 0) is 0 Å². The molecule has 1 N–H and O–H groups in total. The van der Waals surface area contributed by atoms with Gasteiger partial charge in [-0.3, -0.25) is 0 Å². The fraction of sp³-hybridized carbons (Fsp3) is 0.917. The third-order valence-corrected chi connectivity index (χ3v) is 5.40. The molecule has 0 radical (unpaired) electrons. The first-order chi connectivity index (χ1) is 8.15. The van der Waals surface area contributed by atoms with E-state index in [1.807, 2.05) is 0 Å². The number of amides is 1. The summed E-state index contributed by atoms with van der Waals surface area (Å²) in [6.45, 7) is 9.60. The molecule has 1 unspecified atom stereocenters. The van der Waals surface area contributed by atoms with E-state index in [0.29, 0.717) is 5.92 Å². The number of rotatable bonds is 6. The number of nitrogens with zero attached hydrogens (tertiary/aromatic N) is 1. The van der Waals surface area contributed by atoms with Crippen LogP contribution in [0.2, 0.25) is 4.71 Å². The van der Waals surface area contributed by atoms with Crippen LogP contribution in [0.4, 0.5) is 0 Å². The predicted molar refractivity (Wildman–Crippen MR) is 72.0 cm³/mol. The summed E-state index contributed by atoms with van der Waals surface area (Å²) < 4.78 is 5.46. The molecule has 1 rings (SSSR count). The molecule has 4 nitrogen and oxygen atoms in total. The van der Waals surface area contributed by atoms with Crippen molar-refractivity contribution in [2.45, 2.75) is 25.0 Å². The van der Waals surface area contributed by atoms with E-state index in [4.69, 9.17) is 4.74 Å². The van der Waals surface area contributed by atoms with Gasteiger partial charge in [0.2, 0.25) is 0 Å². The van der Waals surface area contributed by atoms with Crippen molar-refractivity contribution in [2.24, 2.45) is 5.92 Å². The van der Waals surface area contributed by atoms with E-state index in [1.165, 1.54) is 16.9 Å². The third-order valence-electron chi connectivity index (χ3n) is 3.39. The van der Waals surface area contributed by atoms with Gasteiger partial charge in [-0.25, -0.2) is 0 Å². The molecule has 3 atom stereocenters. The maximum absolute atomic E-state index is 11.8. The first-order valence-electron chi connectivity index (χ1n) is 6.48. The SMILES string of the molecule is CC[C@H](C)[C@H]([AsH2])C(=O)NCCN1CCOCC1. The van der Waals surface area contributed by atoms with E-state index in [2.05, 4.69) is 24.1 Å². The van der Waals surface area contributed by atoms with E-state index in [1.54, 1.807) is 0 Å². The Hall–Kier alpha value is -0.0516. The minimum atomic E-state index is 0.178. The molecular weight excluding hydrogens is 279 g/mol. The van der Waals surface area contributed by atoms with Crippen molar-refractivity contribution >= 4 is 22.8 Å². The van der Waals surface area contributed by atoms with Crippen LogP contribution in [0.3, 0.4) is 0 Å². The van der Waals surface area contributed by atoms with Crippen molar-refractivity contribution in [1.82, 2.24) is 10.2 Å². The van der Waals surface area contributed by atoms with Crippen LogP contribution in [-0.4, -0.2) is 67.1 Å². The van der Waals surface area contributed by atoms with Crippen LogP contribution in [0.1, 0.15) is 20.3 Å². The topological polar surface area (TPSA) is 41.6 Å². The van der Waals surface area contributed by atoms with Crippen LogP contribution >= 0.6 is 0 Å². The first-order valence-corrected chi connectivity index (χ1v) is 7.88. The van der Waals surface area contributed by atoms with Crippen LogP contribution in [-0.2, 0) is 9.53 Å². The molecular formula is C12H25AsN2O2. The molecule has 1 heterocycles. The average Bonchev–Trinajstić information content (AvgIpc) is 2.38. The summed E-state index contributed by atoms with van der Waals surface area (Å²) in [7, 11) is 0. The van der Waals surface area contributed by atoms with Gasteiger partial charge >= 0.3 is 113 Å². The Bertz CT molecular complexity index is 233. The Kier molecular flexibility index (Phi) is 7.17. The van der Waals surface area contributed by atoms with Crippen molar-refractivity contribution in [3.63, 3.8) is 0 Å². The second kappa shape index (κ2) is 8.12. The second-order valence-electron chi connectivity index (χ2n) is 4.66. The fourth-order valence-electron chi connectivity index (χ4n) is 1.79. The molecule has 0 saturated carbocycles. The molecule has 0 aromatic heterocycles. The molecule has 0 bridgehead atoms. The fourth-order valence-corrected chi connectivity index (χ4v) is 2.61. The molecule has 0 spiro atoms. The Morgan fingerprint density at radius 1 is 1.47 bits per heavy atom. The predicted octanol–water partition coefficient (Wildman–Crippen LogP) is -0.0975. The summed E-state index contributed by atoms with van der Waals surface area (Å²) in [5.74, 6) is 0.700. The second-order valence-corrected chi connectivity index (χ2v) is 6.16. The standard InChI is InChI=1S/C12H25AsN2O2/c1-3-10(2)11(13)12(16)14-4-5-15-6-8-17-9-7-15/h10-11H,3-9,13H2,1-2H3,(H,14,16)/t10-,11-/m0/s1. The van der Waals surface area contributed by atoms with Gasteiger partial charge in [0, 0.05) is 0 Å². The van der Waals surface area contributed by atoms with Crippen LogP contribution in [0, 0.1) is 5.92 Å². The molecule has 100 valence electrons. The molecule has 17 heavy (non-hydrogen) atoms. The quantitative estimate of drug-likeness (QED) is 0.697. The van der Waals surface area contributed by atoms with Crippen LogP contribution in [0.25, 0.3) is 0 Å². The summed E-state index contributed by atoms with van der Waals surface area (Å²) in [5.41, 5.74) is 0. The van der Waals surface area contributed by atoms with Gasteiger partial charge < -0.3 is 0 Å². The number of carbonyl (C=O) groups excluding carboxylic acids is 1. The summed E-state index contributed by atoms with van der Waals surface area (Å²) in [5, 5.41) is 3.04. The van der Waals surface area contributed by atoms with Crippen molar-refractivity contribution < 1.29 is 9.53 Å². The van der Waals surface area contributed by atoms with Crippen molar-refractivity contribution in [3.05, 3.63) is 0 Å². The number of morpholine rings is 1. The van der Waals surface area contributed by atoms with Crippen LogP contribution in [0.15, 0.2) is 0 Å². The zero-order chi connectivity index (χ0) is 12.7. The van der Waals surface area contributed by atoms with Gasteiger partial charge in [0.15, 0.2) is 0 Å². The Labute approximate surface area is 113 Å². The zero-order valence-electron chi connectivity index (χ0n) is 10.9. The Morgan fingerprint density at radius 3 is 2.71 bits per heavy atom. The van der Waals surface area contributed by atoms with E-state index in [9.17, 15) is 4.79 Å². The monoisotopic (exact) mass is 304 g/mol. The van der Waals surface area contributed by atoms with Gasteiger partial charge in [-0.15, -0.1) is 0 Å². The molecule has 1 saturated heterocycles. The first kappa shape index (κ1) is 15.0. The normalized spacial score (nSPS) is 20.9. The molecule has 0 aromatic rings. The summed E-state index contributed by atoms with van der Waals surface area (Å²) >= 11 is 1.53. The third kappa shape index (κ3) is 5.41. The van der Waals surface area contributed by atoms with E-state index >= 15 is 0 Å². The number of ether oxygens (including phenoxy) is 1.